The van der Waals surface area contributed by atoms with Gasteiger partial charge in [-0.15, -0.1) is 0 Å². The number of carbonyl (C=O) groups is 2. The average Bonchev–Trinajstić information content (AvgIpc) is 3.09. The van der Waals surface area contributed by atoms with Crippen LogP contribution in [0.3, 0.4) is 0 Å². The molecule has 2 rings (SSSR count). The number of hydrogen-bond acceptors (Lipinski definition) is 3. The summed E-state index contributed by atoms with van der Waals surface area (Å²) < 4.78 is 13.2. The molecular weight excluding hydrogens is 227 g/mol. The minimum absolute atomic E-state index is 0.0404. The van der Waals surface area contributed by atoms with E-state index in [-0.39, 0.29) is 11.5 Å². The quantitative estimate of drug-likeness (QED) is 0.813. The zero-order chi connectivity index (χ0) is 12.4. The second kappa shape index (κ2) is 4.48. The number of rotatable bonds is 4. The molecule has 1 aliphatic carbocycles. The van der Waals surface area contributed by atoms with Gasteiger partial charge in [-0.3, -0.25) is 9.78 Å². The third kappa shape index (κ3) is 2.58. The molecule has 0 aromatic carbocycles. The summed E-state index contributed by atoms with van der Waals surface area (Å²) in [7, 11) is 0. The predicted molar refractivity (Wildman–Crippen MR) is 55.8 cm³/mol. The first-order valence-electron chi connectivity index (χ1n) is 5.23. The van der Waals surface area contributed by atoms with Crippen molar-refractivity contribution in [2.45, 2.75) is 18.9 Å². The Hall–Kier alpha value is -1.98. The van der Waals surface area contributed by atoms with Gasteiger partial charge >= 0.3 is 5.97 Å². The van der Waals surface area contributed by atoms with Crippen molar-refractivity contribution in [2.75, 3.05) is 0 Å². The largest absolute Gasteiger partial charge is 0.480 e. The first kappa shape index (κ1) is 11.5. The molecule has 1 aromatic rings. The third-order valence-corrected chi connectivity index (χ3v) is 2.66. The van der Waals surface area contributed by atoms with E-state index in [0.29, 0.717) is 0 Å². The van der Waals surface area contributed by atoms with E-state index in [1.54, 1.807) is 0 Å². The van der Waals surface area contributed by atoms with Gasteiger partial charge in [0, 0.05) is 6.20 Å². The molecule has 1 heterocycles. The second-order valence-corrected chi connectivity index (χ2v) is 3.98. The zero-order valence-corrected chi connectivity index (χ0v) is 8.89. The monoisotopic (exact) mass is 238 g/mol. The maximum atomic E-state index is 13.2. The van der Waals surface area contributed by atoms with Crippen LogP contribution in [0, 0.1) is 11.7 Å². The SMILES string of the molecule is O=C(NC(C(=O)O)C1CC1)c1ccncc1F. The predicted octanol–water partition coefficient (Wildman–Crippen LogP) is 0.814. The highest BCUT2D eigenvalue weighted by Gasteiger charge is 2.37. The number of nitrogens with zero attached hydrogens (tertiary/aromatic N) is 1. The lowest BCUT2D eigenvalue weighted by Gasteiger charge is -2.13. The van der Waals surface area contributed by atoms with Crippen molar-refractivity contribution in [3.63, 3.8) is 0 Å². The van der Waals surface area contributed by atoms with Gasteiger partial charge in [0.15, 0.2) is 5.82 Å². The van der Waals surface area contributed by atoms with Crippen LogP contribution in [0.15, 0.2) is 18.5 Å². The van der Waals surface area contributed by atoms with Gasteiger partial charge in [-0.2, -0.15) is 0 Å². The molecule has 2 N–H and O–H groups in total. The first-order valence-corrected chi connectivity index (χ1v) is 5.23. The van der Waals surface area contributed by atoms with Gasteiger partial charge in [0.25, 0.3) is 5.91 Å². The molecule has 1 unspecified atom stereocenters. The van der Waals surface area contributed by atoms with Crippen LogP contribution >= 0.6 is 0 Å². The molecule has 1 saturated carbocycles. The van der Waals surface area contributed by atoms with Crippen LogP contribution in [0.4, 0.5) is 4.39 Å². The molecule has 1 fully saturated rings. The molecule has 1 aliphatic rings. The molecule has 1 atom stereocenters. The van der Waals surface area contributed by atoms with E-state index in [9.17, 15) is 14.0 Å². The summed E-state index contributed by atoms with van der Waals surface area (Å²) in [4.78, 5) is 26.1. The summed E-state index contributed by atoms with van der Waals surface area (Å²) in [5.74, 6) is -2.61. The Bertz CT molecular complexity index is 460. The Kier molecular flexibility index (Phi) is 3.03. The van der Waals surface area contributed by atoms with Gasteiger partial charge in [0.1, 0.15) is 6.04 Å². The van der Waals surface area contributed by atoms with E-state index in [1.165, 1.54) is 12.3 Å². The average molecular weight is 238 g/mol. The lowest BCUT2D eigenvalue weighted by Crippen LogP contribution is -2.42. The standard InChI is InChI=1S/C11H11FN2O3/c12-8-5-13-4-3-7(8)10(15)14-9(11(16)17)6-1-2-6/h3-6,9H,1-2H2,(H,14,15)(H,16,17). The van der Waals surface area contributed by atoms with Gasteiger partial charge in [0.2, 0.25) is 0 Å². The third-order valence-electron chi connectivity index (χ3n) is 2.66. The Labute approximate surface area is 96.7 Å². The van der Waals surface area contributed by atoms with Crippen molar-refractivity contribution in [1.82, 2.24) is 10.3 Å². The molecule has 17 heavy (non-hydrogen) atoms. The number of carboxylic acid groups (broad SMARTS) is 1. The van der Waals surface area contributed by atoms with E-state index in [4.69, 9.17) is 5.11 Å². The number of halogens is 1. The minimum atomic E-state index is -1.09. The zero-order valence-electron chi connectivity index (χ0n) is 8.89. The van der Waals surface area contributed by atoms with Crippen LogP contribution in [-0.2, 0) is 4.79 Å². The molecule has 1 aromatic heterocycles. The molecule has 0 radical (unpaired) electrons. The van der Waals surface area contributed by atoms with Gasteiger partial charge in [-0.25, -0.2) is 9.18 Å². The summed E-state index contributed by atoms with van der Waals surface area (Å²) in [6.45, 7) is 0. The van der Waals surface area contributed by atoms with Gasteiger partial charge in [-0.05, 0) is 24.8 Å². The fourth-order valence-corrected chi connectivity index (χ4v) is 1.59. The number of amides is 1. The van der Waals surface area contributed by atoms with E-state index in [2.05, 4.69) is 10.3 Å². The summed E-state index contributed by atoms with van der Waals surface area (Å²) in [6, 6.07) is 0.284. The smallest absolute Gasteiger partial charge is 0.326 e. The van der Waals surface area contributed by atoms with Gasteiger partial charge in [-0.1, -0.05) is 0 Å². The molecule has 0 bridgehead atoms. The summed E-state index contributed by atoms with van der Waals surface area (Å²) >= 11 is 0. The molecule has 6 heteroatoms. The van der Waals surface area contributed by atoms with Crippen molar-refractivity contribution >= 4 is 11.9 Å². The molecular formula is C11H11FN2O3. The number of hydrogen-bond donors (Lipinski definition) is 2. The van der Waals surface area contributed by atoms with Crippen LogP contribution < -0.4 is 5.32 Å². The van der Waals surface area contributed by atoms with Crippen molar-refractivity contribution in [3.8, 4) is 0 Å². The highest BCUT2D eigenvalue weighted by atomic mass is 19.1. The molecule has 5 nitrogen and oxygen atoms in total. The van der Waals surface area contributed by atoms with Gasteiger partial charge < -0.3 is 10.4 Å². The Morgan fingerprint density at radius 3 is 2.76 bits per heavy atom. The number of aliphatic carboxylic acids is 1. The van der Waals surface area contributed by atoms with Crippen molar-refractivity contribution in [3.05, 3.63) is 29.8 Å². The maximum Gasteiger partial charge on any atom is 0.326 e. The first-order chi connectivity index (χ1) is 8.09. The fourth-order valence-electron chi connectivity index (χ4n) is 1.59. The molecule has 0 saturated heterocycles. The lowest BCUT2D eigenvalue weighted by atomic mass is 10.1. The normalized spacial score (nSPS) is 16.3. The van der Waals surface area contributed by atoms with Gasteiger partial charge in [0.05, 0.1) is 11.8 Å². The number of pyridine rings is 1. The van der Waals surface area contributed by atoms with Crippen LogP contribution in [0.1, 0.15) is 23.2 Å². The summed E-state index contributed by atoms with van der Waals surface area (Å²) in [5, 5.41) is 11.3. The van der Waals surface area contributed by atoms with E-state index >= 15 is 0 Å². The molecule has 1 amide bonds. The number of nitrogens with one attached hydrogen (secondary N) is 1. The van der Waals surface area contributed by atoms with Crippen molar-refractivity contribution in [1.29, 1.82) is 0 Å². The maximum absolute atomic E-state index is 13.2. The van der Waals surface area contributed by atoms with Crippen LogP contribution in [-0.4, -0.2) is 28.0 Å². The Morgan fingerprint density at radius 2 is 2.24 bits per heavy atom. The number of carbonyl (C=O) groups excluding carboxylic acids is 1. The lowest BCUT2D eigenvalue weighted by molar-refractivity contribution is -0.139. The van der Waals surface area contributed by atoms with E-state index < -0.39 is 23.7 Å². The topological polar surface area (TPSA) is 79.3 Å². The highest BCUT2D eigenvalue weighted by Crippen LogP contribution is 2.32. The van der Waals surface area contributed by atoms with E-state index in [1.807, 2.05) is 0 Å². The molecule has 90 valence electrons. The van der Waals surface area contributed by atoms with Crippen molar-refractivity contribution < 1.29 is 19.1 Å². The molecule has 0 aliphatic heterocycles. The van der Waals surface area contributed by atoms with Crippen LogP contribution in [0.5, 0.6) is 0 Å². The number of carboxylic acids is 1. The van der Waals surface area contributed by atoms with Crippen LogP contribution in [0.2, 0.25) is 0 Å². The highest BCUT2D eigenvalue weighted by molar-refractivity contribution is 5.96. The minimum Gasteiger partial charge on any atom is -0.480 e. The van der Waals surface area contributed by atoms with Crippen LogP contribution in [0.25, 0.3) is 0 Å². The fraction of sp³-hybridized carbons (Fsp3) is 0.364. The number of aromatic nitrogens is 1. The van der Waals surface area contributed by atoms with E-state index in [0.717, 1.165) is 19.0 Å². The second-order valence-electron chi connectivity index (χ2n) is 3.98. The molecule has 0 spiro atoms. The van der Waals surface area contributed by atoms with Crippen molar-refractivity contribution in [2.24, 2.45) is 5.92 Å². The Morgan fingerprint density at radius 1 is 1.53 bits per heavy atom. The summed E-state index contributed by atoms with van der Waals surface area (Å²) in [5.41, 5.74) is -0.188. The Balaban J connectivity index is 2.10. The summed E-state index contributed by atoms with van der Waals surface area (Å²) in [6.07, 6.45) is 3.75.